The van der Waals surface area contributed by atoms with E-state index in [1.54, 1.807) is 12.1 Å². The molecule has 1 saturated heterocycles. The minimum Gasteiger partial charge on any atom is -0.361 e. The molecule has 0 aromatic heterocycles. The monoisotopic (exact) mass is 555 g/mol. The second-order valence-corrected chi connectivity index (χ2v) is 10.5. The zero-order valence-electron chi connectivity index (χ0n) is 25.0. The molecular formula is C37H43F2NO. The number of Topliss-reactive ketones (excluding diaryl/α,β-unsaturated/α-hetero) is 1. The average Bonchev–Trinajstić information content (AvgIpc) is 2.98. The fourth-order valence-electron chi connectivity index (χ4n) is 5.62. The minimum absolute atomic E-state index is 0.0211. The Hall–Kier alpha value is -3.79. The first-order valence-electron chi connectivity index (χ1n) is 14.6. The van der Waals surface area contributed by atoms with Crippen LogP contribution in [0.15, 0.2) is 109 Å². The molecule has 0 radical (unpaired) electrons. The van der Waals surface area contributed by atoms with Gasteiger partial charge in [-0.25, -0.2) is 8.78 Å². The van der Waals surface area contributed by atoms with Gasteiger partial charge in [-0.05, 0) is 99.7 Å². The molecule has 1 heterocycles. The molecule has 216 valence electrons. The normalized spacial score (nSPS) is 18.7. The van der Waals surface area contributed by atoms with Gasteiger partial charge in [0, 0.05) is 29.6 Å². The Bertz CT molecular complexity index is 1350. The lowest BCUT2D eigenvalue weighted by atomic mass is 9.73. The first kappa shape index (κ1) is 31.7. The van der Waals surface area contributed by atoms with E-state index >= 15 is 0 Å². The van der Waals surface area contributed by atoms with Gasteiger partial charge in [-0.15, -0.1) is 0 Å². The van der Waals surface area contributed by atoms with Gasteiger partial charge in [-0.2, -0.15) is 0 Å². The van der Waals surface area contributed by atoms with E-state index in [0.717, 1.165) is 24.9 Å². The molecule has 0 bridgehead atoms. The van der Waals surface area contributed by atoms with E-state index in [-0.39, 0.29) is 35.4 Å². The van der Waals surface area contributed by atoms with Gasteiger partial charge in [0.2, 0.25) is 0 Å². The summed E-state index contributed by atoms with van der Waals surface area (Å²) in [4.78, 5) is 15.1. The van der Waals surface area contributed by atoms with E-state index in [4.69, 9.17) is 0 Å². The second kappa shape index (κ2) is 15.3. The fourth-order valence-corrected chi connectivity index (χ4v) is 5.62. The van der Waals surface area contributed by atoms with Crippen molar-refractivity contribution in [2.75, 3.05) is 4.90 Å². The molecule has 1 fully saturated rings. The van der Waals surface area contributed by atoms with Gasteiger partial charge in [0.05, 0.1) is 6.04 Å². The molecule has 0 amide bonds. The van der Waals surface area contributed by atoms with Crippen LogP contribution in [0.5, 0.6) is 0 Å². The summed E-state index contributed by atoms with van der Waals surface area (Å²) >= 11 is 0. The number of hydrogen-bond acceptors (Lipinski definition) is 2. The Morgan fingerprint density at radius 1 is 0.927 bits per heavy atom. The molecule has 0 aliphatic carbocycles. The van der Waals surface area contributed by atoms with Crippen molar-refractivity contribution in [1.29, 1.82) is 0 Å². The molecule has 2 nitrogen and oxygen atoms in total. The number of ketones is 1. The van der Waals surface area contributed by atoms with Crippen LogP contribution in [0.3, 0.4) is 0 Å². The van der Waals surface area contributed by atoms with Crippen molar-refractivity contribution in [1.82, 2.24) is 0 Å². The number of allylic oxidation sites excluding steroid dienone is 4. The van der Waals surface area contributed by atoms with E-state index in [1.807, 2.05) is 32.1 Å². The second-order valence-electron chi connectivity index (χ2n) is 10.5. The molecule has 0 saturated carbocycles. The van der Waals surface area contributed by atoms with Crippen LogP contribution in [0.1, 0.15) is 68.4 Å². The highest BCUT2D eigenvalue weighted by molar-refractivity contribution is 5.96. The molecule has 41 heavy (non-hydrogen) atoms. The maximum atomic E-state index is 13.7. The quantitative estimate of drug-likeness (QED) is 0.173. The summed E-state index contributed by atoms with van der Waals surface area (Å²) < 4.78 is 27.0. The standard InChI is InChI=1S/C35H37F2NO.C2H6/c1-5-27(11-12-28-8-6-7-24(2)23-28)10-9-25(3)35-33(21-22-34(39)29-13-15-30(36)16-14-29)26(4)38(35)32-19-17-31(37)18-20-32;1-2/h5-10,13-20,23,26,33,35H,1,11-12,21-22H2,2-4H3;1-2H3/b25-9+,27-10+;/t26?,33-,35?;/m0./s1. The number of aryl methyl sites for hydroxylation is 2. The number of nitrogens with zero attached hydrogens (tertiary/aromatic N) is 1. The SMILES string of the molecule is C=C/C(=C\C=C(/C)C1[C@@H](CCC(=O)c2ccc(F)cc2)C(C)N1c1ccc(F)cc1)CCc1cccc(C)c1.CC. The molecule has 0 spiro atoms. The third-order valence-corrected chi connectivity index (χ3v) is 7.83. The Morgan fingerprint density at radius 3 is 2.17 bits per heavy atom. The van der Waals surface area contributed by atoms with E-state index in [9.17, 15) is 13.6 Å². The van der Waals surface area contributed by atoms with Crippen molar-refractivity contribution in [2.45, 2.75) is 72.4 Å². The van der Waals surface area contributed by atoms with Crippen molar-refractivity contribution in [2.24, 2.45) is 5.92 Å². The molecule has 2 unspecified atom stereocenters. The summed E-state index contributed by atoms with van der Waals surface area (Å²) in [6.07, 6.45) is 9.18. The van der Waals surface area contributed by atoms with Crippen molar-refractivity contribution < 1.29 is 13.6 Å². The van der Waals surface area contributed by atoms with Crippen molar-refractivity contribution >= 4 is 11.5 Å². The average molecular weight is 556 g/mol. The molecule has 4 heteroatoms. The first-order valence-corrected chi connectivity index (χ1v) is 14.6. The van der Waals surface area contributed by atoms with Gasteiger partial charge in [0.15, 0.2) is 5.78 Å². The van der Waals surface area contributed by atoms with Gasteiger partial charge in [0.1, 0.15) is 11.6 Å². The summed E-state index contributed by atoms with van der Waals surface area (Å²) in [6, 6.07) is 21.2. The first-order chi connectivity index (χ1) is 19.8. The predicted molar refractivity (Wildman–Crippen MR) is 168 cm³/mol. The Balaban J connectivity index is 0.00000226. The number of benzene rings is 3. The van der Waals surface area contributed by atoms with Crippen LogP contribution in [0.25, 0.3) is 0 Å². The number of carbonyl (C=O) groups is 1. The molecule has 1 aliphatic heterocycles. The van der Waals surface area contributed by atoms with Crippen LogP contribution in [0, 0.1) is 24.5 Å². The highest BCUT2D eigenvalue weighted by atomic mass is 19.1. The lowest BCUT2D eigenvalue weighted by Crippen LogP contribution is -2.63. The van der Waals surface area contributed by atoms with Crippen LogP contribution < -0.4 is 4.90 Å². The molecule has 3 aromatic rings. The molecule has 3 aromatic carbocycles. The lowest BCUT2D eigenvalue weighted by Gasteiger charge is -2.56. The van der Waals surface area contributed by atoms with Crippen molar-refractivity contribution in [3.8, 4) is 0 Å². The summed E-state index contributed by atoms with van der Waals surface area (Å²) in [7, 11) is 0. The van der Waals surface area contributed by atoms with Crippen LogP contribution in [-0.2, 0) is 6.42 Å². The minimum atomic E-state index is -0.347. The van der Waals surface area contributed by atoms with Crippen LogP contribution in [0.4, 0.5) is 14.5 Å². The van der Waals surface area contributed by atoms with E-state index in [1.165, 1.54) is 46.5 Å². The lowest BCUT2D eigenvalue weighted by molar-refractivity contribution is 0.0959. The van der Waals surface area contributed by atoms with Crippen molar-refractivity contribution in [3.05, 3.63) is 137 Å². The third kappa shape index (κ3) is 8.36. The zero-order chi connectivity index (χ0) is 29.9. The maximum absolute atomic E-state index is 13.7. The van der Waals surface area contributed by atoms with E-state index in [2.05, 4.69) is 68.7 Å². The molecular weight excluding hydrogens is 512 g/mol. The van der Waals surface area contributed by atoms with Crippen molar-refractivity contribution in [3.63, 3.8) is 0 Å². The number of anilines is 1. The third-order valence-electron chi connectivity index (χ3n) is 7.83. The van der Waals surface area contributed by atoms with Gasteiger partial charge >= 0.3 is 0 Å². The summed E-state index contributed by atoms with van der Waals surface area (Å²) in [5.41, 5.74) is 6.43. The van der Waals surface area contributed by atoms with Crippen LogP contribution >= 0.6 is 0 Å². The predicted octanol–water partition coefficient (Wildman–Crippen LogP) is 9.85. The fraction of sp³-hybridized carbons (Fsp3) is 0.324. The number of halogens is 2. The largest absolute Gasteiger partial charge is 0.361 e. The Labute approximate surface area is 245 Å². The summed E-state index contributed by atoms with van der Waals surface area (Å²) in [6.45, 7) is 14.4. The van der Waals surface area contributed by atoms with Gasteiger partial charge in [0.25, 0.3) is 0 Å². The van der Waals surface area contributed by atoms with Gasteiger partial charge in [-0.3, -0.25) is 4.79 Å². The summed E-state index contributed by atoms with van der Waals surface area (Å²) in [5, 5.41) is 0. The number of rotatable bonds is 11. The zero-order valence-corrected chi connectivity index (χ0v) is 25.0. The number of carbonyl (C=O) groups excluding carboxylic acids is 1. The van der Waals surface area contributed by atoms with Gasteiger partial charge in [-0.1, -0.05) is 74.1 Å². The van der Waals surface area contributed by atoms with E-state index in [0.29, 0.717) is 12.0 Å². The molecule has 1 aliphatic rings. The highest BCUT2D eigenvalue weighted by Crippen LogP contribution is 2.43. The highest BCUT2D eigenvalue weighted by Gasteiger charge is 2.46. The number of hydrogen-bond donors (Lipinski definition) is 0. The smallest absolute Gasteiger partial charge is 0.162 e. The maximum Gasteiger partial charge on any atom is 0.162 e. The molecule has 3 atom stereocenters. The van der Waals surface area contributed by atoms with Crippen LogP contribution in [-0.4, -0.2) is 17.9 Å². The van der Waals surface area contributed by atoms with E-state index < -0.39 is 0 Å². The topological polar surface area (TPSA) is 20.3 Å². The van der Waals surface area contributed by atoms with Gasteiger partial charge < -0.3 is 4.90 Å². The Kier molecular flexibility index (Phi) is 11.8. The van der Waals surface area contributed by atoms with Crippen LogP contribution in [0.2, 0.25) is 0 Å². The summed E-state index contributed by atoms with van der Waals surface area (Å²) in [5.74, 6) is -0.332. The Morgan fingerprint density at radius 2 is 1.56 bits per heavy atom. The molecule has 0 N–H and O–H groups in total. The molecule has 4 rings (SSSR count).